The van der Waals surface area contributed by atoms with Gasteiger partial charge in [-0.25, -0.2) is 9.97 Å². The number of hydrogen-bond acceptors (Lipinski definition) is 6. The fraction of sp³-hybridized carbons (Fsp3) is 0.278. The molecule has 3 heterocycles. The summed E-state index contributed by atoms with van der Waals surface area (Å²) in [7, 11) is 0. The number of thiophene rings is 1. The van der Waals surface area contributed by atoms with E-state index >= 15 is 0 Å². The molecule has 3 aromatic rings. The van der Waals surface area contributed by atoms with E-state index in [-0.39, 0.29) is 0 Å². The fourth-order valence-electron chi connectivity index (χ4n) is 2.52. The minimum Gasteiger partial charge on any atom is -0.388 e. The van der Waals surface area contributed by atoms with Crippen molar-refractivity contribution in [1.29, 1.82) is 0 Å². The van der Waals surface area contributed by atoms with Crippen molar-refractivity contribution in [1.82, 2.24) is 20.2 Å². The van der Waals surface area contributed by atoms with Gasteiger partial charge in [0.25, 0.3) is 0 Å². The van der Waals surface area contributed by atoms with E-state index in [4.69, 9.17) is 6.42 Å². The summed E-state index contributed by atoms with van der Waals surface area (Å²) in [6.45, 7) is 1.74. The van der Waals surface area contributed by atoms with Gasteiger partial charge < -0.3 is 10.4 Å². The number of H-pyrrole nitrogens is 1. The van der Waals surface area contributed by atoms with Crippen LogP contribution in [0.4, 0.5) is 11.6 Å². The van der Waals surface area contributed by atoms with Crippen LogP contribution in [0.1, 0.15) is 47.9 Å². The normalized spacial score (nSPS) is 14.9. The molecule has 0 radical (unpaired) electrons. The van der Waals surface area contributed by atoms with Gasteiger partial charge in [-0.2, -0.15) is 5.10 Å². The van der Waals surface area contributed by atoms with E-state index in [1.54, 1.807) is 13.1 Å². The van der Waals surface area contributed by atoms with Crippen LogP contribution in [0.2, 0.25) is 0 Å². The van der Waals surface area contributed by atoms with Gasteiger partial charge in [-0.1, -0.05) is 5.92 Å². The molecule has 3 aromatic heterocycles. The maximum atomic E-state index is 9.69. The molecule has 0 saturated heterocycles. The smallest absolute Gasteiger partial charge is 0.171 e. The lowest BCUT2D eigenvalue weighted by atomic mass is 10.3. The molecule has 4 rings (SSSR count). The van der Waals surface area contributed by atoms with Crippen LogP contribution < -0.4 is 5.32 Å². The van der Waals surface area contributed by atoms with Crippen molar-refractivity contribution in [2.45, 2.75) is 31.8 Å². The first-order valence-electron chi connectivity index (χ1n) is 8.08. The van der Waals surface area contributed by atoms with Crippen LogP contribution >= 0.6 is 11.3 Å². The Morgan fingerprint density at radius 3 is 2.96 bits per heavy atom. The Hall–Kier alpha value is -2.69. The second kappa shape index (κ2) is 6.31. The molecule has 25 heavy (non-hydrogen) atoms. The summed E-state index contributed by atoms with van der Waals surface area (Å²) < 4.78 is 0. The van der Waals surface area contributed by atoms with Crippen LogP contribution in [0.15, 0.2) is 24.4 Å². The van der Waals surface area contributed by atoms with E-state index in [1.807, 2.05) is 18.2 Å². The molecule has 0 aliphatic heterocycles. The topological polar surface area (TPSA) is 86.7 Å². The van der Waals surface area contributed by atoms with E-state index in [1.165, 1.54) is 24.2 Å². The first-order chi connectivity index (χ1) is 12.1. The second-order valence-corrected chi connectivity index (χ2v) is 7.20. The zero-order chi connectivity index (χ0) is 17.4. The monoisotopic (exact) mass is 351 g/mol. The Balaban J connectivity index is 1.64. The predicted molar refractivity (Wildman–Crippen MR) is 97.8 cm³/mol. The number of terminal acetylenes is 1. The highest BCUT2D eigenvalue weighted by Gasteiger charge is 2.25. The van der Waals surface area contributed by atoms with Crippen LogP contribution in [0, 0.1) is 12.3 Å². The summed E-state index contributed by atoms with van der Waals surface area (Å²) in [4.78, 5) is 10.7. The standard InChI is InChI=1S/C18H17N5OS/c1-3-11-9-19-18(15-7-6-14(25-15)10(2)24)21-17(11)20-16-8-13(22-23-16)12-4-5-12/h1,6-10,12,24H,4-5H2,2H3,(H2,19,20,21,22,23). The minimum atomic E-state index is -0.508. The van der Waals surface area contributed by atoms with Gasteiger partial charge in [0.15, 0.2) is 17.5 Å². The van der Waals surface area contributed by atoms with Crippen LogP contribution in [-0.4, -0.2) is 25.3 Å². The summed E-state index contributed by atoms with van der Waals surface area (Å²) in [6.07, 6.45) is 9.10. The van der Waals surface area contributed by atoms with Crippen molar-refractivity contribution in [3.63, 3.8) is 0 Å². The Kier molecular flexibility index (Phi) is 3.99. The summed E-state index contributed by atoms with van der Waals surface area (Å²) in [5, 5.41) is 20.2. The molecule has 126 valence electrons. The molecule has 1 unspecified atom stereocenters. The second-order valence-electron chi connectivity index (χ2n) is 6.09. The van der Waals surface area contributed by atoms with Gasteiger partial charge in [-0.05, 0) is 31.9 Å². The molecule has 0 spiro atoms. The number of hydrogen-bond donors (Lipinski definition) is 3. The maximum Gasteiger partial charge on any atom is 0.171 e. The number of aliphatic hydroxyl groups excluding tert-OH is 1. The first kappa shape index (κ1) is 15.8. The summed E-state index contributed by atoms with van der Waals surface area (Å²) in [5.41, 5.74) is 1.71. The Labute approximate surface area is 149 Å². The highest BCUT2D eigenvalue weighted by molar-refractivity contribution is 7.15. The lowest BCUT2D eigenvalue weighted by molar-refractivity contribution is 0.203. The van der Waals surface area contributed by atoms with Gasteiger partial charge in [0, 0.05) is 28.8 Å². The summed E-state index contributed by atoms with van der Waals surface area (Å²) in [5.74, 6) is 5.00. The SMILES string of the molecule is C#Cc1cnc(-c2ccc(C(C)O)s2)nc1Nc1cc(C2CC2)[nH]n1. The number of anilines is 2. The number of aromatic amines is 1. The Bertz CT molecular complexity index is 949. The molecule has 1 atom stereocenters. The molecule has 0 amide bonds. The van der Waals surface area contributed by atoms with Crippen molar-refractivity contribution in [3.8, 4) is 23.0 Å². The number of rotatable bonds is 5. The van der Waals surface area contributed by atoms with Gasteiger partial charge in [-0.15, -0.1) is 17.8 Å². The zero-order valence-electron chi connectivity index (χ0n) is 13.7. The molecule has 1 fully saturated rings. The highest BCUT2D eigenvalue weighted by atomic mass is 32.1. The van der Waals surface area contributed by atoms with E-state index in [0.717, 1.165) is 15.4 Å². The molecule has 0 aromatic carbocycles. The van der Waals surface area contributed by atoms with Crippen LogP contribution in [0.25, 0.3) is 10.7 Å². The average molecular weight is 351 g/mol. The van der Waals surface area contributed by atoms with Crippen LogP contribution in [0.3, 0.4) is 0 Å². The Morgan fingerprint density at radius 2 is 2.28 bits per heavy atom. The summed E-state index contributed by atoms with van der Waals surface area (Å²) in [6, 6.07) is 5.78. The van der Waals surface area contributed by atoms with Gasteiger partial charge >= 0.3 is 0 Å². The molecular formula is C18H17N5OS. The molecular weight excluding hydrogens is 334 g/mol. The van der Waals surface area contributed by atoms with Crippen molar-refractivity contribution in [2.75, 3.05) is 5.32 Å². The molecule has 6 nitrogen and oxygen atoms in total. The predicted octanol–water partition coefficient (Wildman–Crippen LogP) is 3.58. The molecule has 1 saturated carbocycles. The van der Waals surface area contributed by atoms with Crippen molar-refractivity contribution >= 4 is 23.0 Å². The zero-order valence-corrected chi connectivity index (χ0v) is 14.5. The lowest BCUT2D eigenvalue weighted by Gasteiger charge is -2.06. The number of aromatic nitrogens is 4. The number of nitrogens with zero attached hydrogens (tertiary/aromatic N) is 3. The maximum absolute atomic E-state index is 9.69. The fourth-order valence-corrected chi connectivity index (χ4v) is 3.41. The van der Waals surface area contributed by atoms with Gasteiger partial charge in [0.2, 0.25) is 0 Å². The third-order valence-electron chi connectivity index (χ3n) is 4.06. The van der Waals surface area contributed by atoms with E-state index in [9.17, 15) is 5.11 Å². The van der Waals surface area contributed by atoms with Crippen molar-refractivity contribution in [2.24, 2.45) is 0 Å². The highest BCUT2D eigenvalue weighted by Crippen LogP contribution is 2.39. The van der Waals surface area contributed by atoms with Crippen molar-refractivity contribution < 1.29 is 5.11 Å². The van der Waals surface area contributed by atoms with Gasteiger partial charge in [0.1, 0.15) is 0 Å². The third kappa shape index (κ3) is 3.27. The van der Waals surface area contributed by atoms with E-state index in [0.29, 0.717) is 28.9 Å². The lowest BCUT2D eigenvalue weighted by Crippen LogP contribution is -2.00. The van der Waals surface area contributed by atoms with Gasteiger partial charge in [-0.3, -0.25) is 5.10 Å². The molecule has 1 aliphatic rings. The minimum absolute atomic E-state index is 0.508. The van der Waals surface area contributed by atoms with Crippen molar-refractivity contribution in [3.05, 3.63) is 40.5 Å². The quantitative estimate of drug-likeness (QED) is 0.612. The molecule has 7 heteroatoms. The Morgan fingerprint density at radius 1 is 1.44 bits per heavy atom. The van der Waals surface area contributed by atoms with E-state index in [2.05, 4.69) is 31.4 Å². The number of aliphatic hydroxyl groups is 1. The van der Waals surface area contributed by atoms with Crippen LogP contribution in [-0.2, 0) is 0 Å². The van der Waals surface area contributed by atoms with Crippen LogP contribution in [0.5, 0.6) is 0 Å². The molecule has 0 bridgehead atoms. The third-order valence-corrected chi connectivity index (χ3v) is 5.32. The summed E-state index contributed by atoms with van der Waals surface area (Å²) >= 11 is 1.46. The molecule has 1 aliphatic carbocycles. The average Bonchev–Trinajstić information content (AvgIpc) is 3.15. The molecule has 3 N–H and O–H groups in total. The number of nitrogens with one attached hydrogen (secondary N) is 2. The van der Waals surface area contributed by atoms with Gasteiger partial charge in [0.05, 0.1) is 16.5 Å². The largest absolute Gasteiger partial charge is 0.388 e. The van der Waals surface area contributed by atoms with E-state index < -0.39 is 6.10 Å². The first-order valence-corrected chi connectivity index (χ1v) is 8.90.